The minimum atomic E-state index is -0.981. The van der Waals surface area contributed by atoms with Crippen LogP contribution in [0.1, 0.15) is 11.1 Å². The fourth-order valence-corrected chi connectivity index (χ4v) is 1.80. The summed E-state index contributed by atoms with van der Waals surface area (Å²) >= 11 is 0. The second-order valence-corrected chi connectivity index (χ2v) is 4.84. The third kappa shape index (κ3) is 4.47. The van der Waals surface area contributed by atoms with E-state index in [9.17, 15) is 19.7 Å². The van der Waals surface area contributed by atoms with E-state index in [2.05, 4.69) is 10.4 Å². The highest BCUT2D eigenvalue weighted by molar-refractivity contribution is 6.39. The number of nitrogens with one attached hydrogen (secondary N) is 2. The molecule has 0 radical (unpaired) electrons. The fourth-order valence-electron chi connectivity index (χ4n) is 1.80. The van der Waals surface area contributed by atoms with Gasteiger partial charge in [0.2, 0.25) is 0 Å². The number of para-hydroxylation sites is 1. The van der Waals surface area contributed by atoms with Crippen molar-refractivity contribution >= 4 is 29.4 Å². The van der Waals surface area contributed by atoms with E-state index in [0.717, 1.165) is 11.8 Å². The van der Waals surface area contributed by atoms with Crippen LogP contribution >= 0.6 is 0 Å². The molecule has 0 saturated heterocycles. The zero-order chi connectivity index (χ0) is 17.5. The average molecular weight is 326 g/mol. The number of nitro benzene ring substituents is 1. The van der Waals surface area contributed by atoms with Crippen LogP contribution in [0.5, 0.6) is 0 Å². The molecular formula is C16H14N4O4. The van der Waals surface area contributed by atoms with Crippen molar-refractivity contribution in [2.24, 2.45) is 5.10 Å². The molecule has 24 heavy (non-hydrogen) atoms. The summed E-state index contributed by atoms with van der Waals surface area (Å²) in [6, 6.07) is 12.8. The molecule has 2 amide bonds. The third-order valence-electron chi connectivity index (χ3n) is 3.02. The number of hydrogen-bond acceptors (Lipinski definition) is 5. The molecule has 8 nitrogen and oxygen atoms in total. The monoisotopic (exact) mass is 326 g/mol. The molecule has 0 saturated carbocycles. The molecule has 0 aromatic heterocycles. The zero-order valence-electron chi connectivity index (χ0n) is 12.7. The molecule has 0 unspecified atom stereocenters. The highest BCUT2D eigenvalue weighted by atomic mass is 16.6. The molecule has 0 heterocycles. The van der Waals surface area contributed by atoms with E-state index >= 15 is 0 Å². The lowest BCUT2D eigenvalue weighted by Gasteiger charge is -2.04. The Kier molecular flexibility index (Phi) is 5.35. The van der Waals surface area contributed by atoms with Crippen molar-refractivity contribution in [2.75, 3.05) is 5.32 Å². The van der Waals surface area contributed by atoms with Gasteiger partial charge in [0, 0.05) is 11.8 Å². The number of hydrogen-bond donors (Lipinski definition) is 2. The van der Waals surface area contributed by atoms with Gasteiger partial charge in [0.25, 0.3) is 5.69 Å². The Morgan fingerprint density at radius 2 is 1.75 bits per heavy atom. The summed E-state index contributed by atoms with van der Waals surface area (Å²) in [6.45, 7) is 1.90. The molecule has 122 valence electrons. The lowest BCUT2D eigenvalue weighted by molar-refractivity contribution is -0.385. The van der Waals surface area contributed by atoms with Gasteiger partial charge in [0.15, 0.2) is 0 Å². The normalized spacial score (nSPS) is 10.4. The molecule has 0 spiro atoms. The maximum absolute atomic E-state index is 11.7. The Labute approximate surface area is 137 Å². The van der Waals surface area contributed by atoms with Crippen molar-refractivity contribution in [1.82, 2.24) is 5.43 Å². The average Bonchev–Trinajstić information content (AvgIpc) is 2.57. The summed E-state index contributed by atoms with van der Waals surface area (Å²) < 4.78 is 0. The van der Waals surface area contributed by atoms with Gasteiger partial charge in [-0.2, -0.15) is 5.10 Å². The molecule has 8 heteroatoms. The molecule has 0 aliphatic rings. The Morgan fingerprint density at radius 1 is 1.08 bits per heavy atom. The van der Waals surface area contributed by atoms with Crippen molar-refractivity contribution in [3.8, 4) is 0 Å². The van der Waals surface area contributed by atoms with Crippen LogP contribution in [0.3, 0.4) is 0 Å². The maximum atomic E-state index is 11.7. The van der Waals surface area contributed by atoms with Crippen molar-refractivity contribution in [3.05, 3.63) is 69.8 Å². The van der Waals surface area contributed by atoms with Gasteiger partial charge in [-0.1, -0.05) is 29.8 Å². The van der Waals surface area contributed by atoms with Crippen LogP contribution in [0, 0.1) is 17.0 Å². The molecule has 0 atom stereocenters. The number of carbonyl (C=O) groups is 2. The standard InChI is InChI=1S/C16H14N4O4/c1-11-6-8-13(9-7-11)18-15(21)16(22)19-17-10-12-4-2-3-5-14(12)20(23)24/h2-10H,1H3,(H,18,21)(H,19,22). The van der Waals surface area contributed by atoms with E-state index in [1.807, 2.05) is 12.3 Å². The van der Waals surface area contributed by atoms with Gasteiger partial charge in [0.1, 0.15) is 0 Å². The first-order valence-corrected chi connectivity index (χ1v) is 6.92. The van der Waals surface area contributed by atoms with Crippen molar-refractivity contribution in [3.63, 3.8) is 0 Å². The number of anilines is 1. The summed E-state index contributed by atoms with van der Waals surface area (Å²) in [7, 11) is 0. The SMILES string of the molecule is Cc1ccc(NC(=O)C(=O)NN=Cc2ccccc2[N+](=O)[O-])cc1. The highest BCUT2D eigenvalue weighted by Crippen LogP contribution is 2.15. The number of benzene rings is 2. The highest BCUT2D eigenvalue weighted by Gasteiger charge is 2.13. The number of hydrazone groups is 1. The topological polar surface area (TPSA) is 114 Å². The second-order valence-electron chi connectivity index (χ2n) is 4.84. The fraction of sp³-hybridized carbons (Fsp3) is 0.0625. The van der Waals surface area contributed by atoms with E-state index in [0.29, 0.717) is 5.69 Å². The molecule has 2 aromatic rings. The summed E-state index contributed by atoms with van der Waals surface area (Å²) in [5, 5.41) is 16.8. The van der Waals surface area contributed by atoms with Crippen LogP contribution in [-0.2, 0) is 9.59 Å². The van der Waals surface area contributed by atoms with Crippen LogP contribution in [0.25, 0.3) is 0 Å². The first-order chi connectivity index (χ1) is 11.5. The van der Waals surface area contributed by atoms with E-state index in [-0.39, 0.29) is 11.3 Å². The summed E-state index contributed by atoms with van der Waals surface area (Å²) in [5.41, 5.74) is 3.58. The largest absolute Gasteiger partial charge is 0.329 e. The van der Waals surface area contributed by atoms with Gasteiger partial charge in [-0.15, -0.1) is 0 Å². The maximum Gasteiger partial charge on any atom is 0.329 e. The first kappa shape index (κ1) is 16.8. The number of carbonyl (C=O) groups excluding carboxylic acids is 2. The minimum absolute atomic E-state index is 0.153. The lowest BCUT2D eigenvalue weighted by Crippen LogP contribution is -2.32. The molecule has 0 aliphatic heterocycles. The van der Waals surface area contributed by atoms with Crippen LogP contribution in [0.4, 0.5) is 11.4 Å². The van der Waals surface area contributed by atoms with Crippen LogP contribution in [0.15, 0.2) is 53.6 Å². The predicted molar refractivity (Wildman–Crippen MR) is 88.6 cm³/mol. The smallest absolute Gasteiger partial charge is 0.318 e. The van der Waals surface area contributed by atoms with Crippen molar-refractivity contribution in [1.29, 1.82) is 0 Å². The van der Waals surface area contributed by atoms with E-state index in [4.69, 9.17) is 0 Å². The Bertz CT molecular complexity index is 800. The molecule has 2 aromatic carbocycles. The molecule has 0 fully saturated rings. The predicted octanol–water partition coefficient (Wildman–Crippen LogP) is 1.99. The number of aryl methyl sites for hydroxylation is 1. The molecule has 0 aliphatic carbocycles. The van der Waals surface area contributed by atoms with E-state index in [1.165, 1.54) is 18.2 Å². The number of rotatable bonds is 4. The first-order valence-electron chi connectivity index (χ1n) is 6.92. The third-order valence-corrected chi connectivity index (χ3v) is 3.02. The van der Waals surface area contributed by atoms with Gasteiger partial charge in [-0.25, -0.2) is 5.43 Å². The van der Waals surface area contributed by atoms with Gasteiger partial charge < -0.3 is 5.32 Å². The summed E-state index contributed by atoms with van der Waals surface area (Å²) in [5.74, 6) is -1.87. The van der Waals surface area contributed by atoms with Gasteiger partial charge in [0.05, 0.1) is 16.7 Å². The lowest BCUT2D eigenvalue weighted by atomic mass is 10.2. The van der Waals surface area contributed by atoms with Gasteiger partial charge in [-0.05, 0) is 25.1 Å². The summed E-state index contributed by atoms with van der Waals surface area (Å²) in [4.78, 5) is 33.6. The van der Waals surface area contributed by atoms with Gasteiger partial charge >= 0.3 is 11.8 Å². The van der Waals surface area contributed by atoms with Gasteiger partial charge in [-0.3, -0.25) is 19.7 Å². The molecule has 0 bridgehead atoms. The Hall–Kier alpha value is -3.55. The number of nitrogens with zero attached hydrogens (tertiary/aromatic N) is 2. The molecule has 2 rings (SSSR count). The molecular weight excluding hydrogens is 312 g/mol. The van der Waals surface area contributed by atoms with Crippen LogP contribution in [-0.4, -0.2) is 23.0 Å². The quantitative estimate of drug-likeness (QED) is 0.387. The zero-order valence-corrected chi connectivity index (χ0v) is 12.7. The van der Waals surface area contributed by atoms with E-state index < -0.39 is 16.7 Å². The second kappa shape index (κ2) is 7.63. The Balaban J connectivity index is 1.96. The molecule has 2 N–H and O–H groups in total. The summed E-state index contributed by atoms with van der Waals surface area (Å²) in [6.07, 6.45) is 1.11. The number of amides is 2. The van der Waals surface area contributed by atoms with Crippen molar-refractivity contribution < 1.29 is 14.5 Å². The Morgan fingerprint density at radius 3 is 2.42 bits per heavy atom. The van der Waals surface area contributed by atoms with E-state index in [1.54, 1.807) is 30.3 Å². The van der Waals surface area contributed by atoms with Crippen LogP contribution < -0.4 is 10.7 Å². The van der Waals surface area contributed by atoms with Crippen LogP contribution in [0.2, 0.25) is 0 Å². The minimum Gasteiger partial charge on any atom is -0.318 e. The van der Waals surface area contributed by atoms with Crippen molar-refractivity contribution in [2.45, 2.75) is 6.92 Å². The number of nitro groups is 1.